The maximum absolute atomic E-state index is 11.3. The highest BCUT2D eigenvalue weighted by Crippen LogP contribution is 1.91. The van der Waals surface area contributed by atoms with E-state index in [1.54, 1.807) is 23.1 Å². The van der Waals surface area contributed by atoms with E-state index in [4.69, 9.17) is 5.73 Å². The van der Waals surface area contributed by atoms with Crippen molar-refractivity contribution in [1.29, 1.82) is 0 Å². The van der Waals surface area contributed by atoms with Gasteiger partial charge in [-0.3, -0.25) is 14.9 Å². The molecule has 0 aliphatic rings. The molecule has 4 heteroatoms. The van der Waals surface area contributed by atoms with Crippen LogP contribution in [0.2, 0.25) is 0 Å². The number of carbonyl (C=O) groups excluding carboxylic acids is 1. The summed E-state index contributed by atoms with van der Waals surface area (Å²) < 4.78 is 1.56. The predicted octanol–water partition coefficient (Wildman–Crippen LogP) is 0.462. The molecular weight excluding hydrogens is 166 g/mol. The molecule has 1 aromatic heterocycles. The van der Waals surface area contributed by atoms with Crippen LogP contribution in [0.1, 0.15) is 6.42 Å². The van der Waals surface area contributed by atoms with E-state index < -0.39 is 6.04 Å². The van der Waals surface area contributed by atoms with E-state index in [2.05, 4.69) is 12.0 Å². The molecule has 0 aromatic carbocycles. The molecule has 3 N–H and O–H groups in total. The van der Waals surface area contributed by atoms with Crippen LogP contribution < -0.4 is 11.2 Å². The molecule has 0 bridgehead atoms. The number of rotatable bonds is 4. The molecule has 0 saturated carbocycles. The molecule has 70 valence electrons. The minimum Gasteiger partial charge on any atom is -0.320 e. The number of nitrogens with zero attached hydrogens (tertiary/aromatic N) is 1. The second-order valence-electron chi connectivity index (χ2n) is 2.70. The van der Waals surface area contributed by atoms with E-state index in [0.29, 0.717) is 6.42 Å². The molecule has 0 radical (unpaired) electrons. The molecule has 0 aliphatic carbocycles. The van der Waals surface area contributed by atoms with E-state index in [9.17, 15) is 4.79 Å². The van der Waals surface area contributed by atoms with Crippen LogP contribution in [0, 0.1) is 0 Å². The number of aromatic nitrogens is 1. The standard InChI is InChI=1S/C9H13N3O/c1-2-5-8(10)9(13)11-12-6-3-4-7-12/h2-4,6-8H,1,5,10H2,(H,11,13). The zero-order valence-corrected chi connectivity index (χ0v) is 7.31. The highest BCUT2D eigenvalue weighted by atomic mass is 16.2. The highest BCUT2D eigenvalue weighted by molar-refractivity contribution is 5.88. The van der Waals surface area contributed by atoms with Gasteiger partial charge in [0.15, 0.2) is 0 Å². The number of hydrogen-bond acceptors (Lipinski definition) is 2. The maximum Gasteiger partial charge on any atom is 0.255 e. The zero-order valence-electron chi connectivity index (χ0n) is 7.31. The Balaban J connectivity index is 2.45. The third kappa shape index (κ3) is 2.76. The van der Waals surface area contributed by atoms with E-state index >= 15 is 0 Å². The summed E-state index contributed by atoms with van der Waals surface area (Å²) in [5.74, 6) is -0.212. The van der Waals surface area contributed by atoms with E-state index in [1.807, 2.05) is 12.1 Å². The van der Waals surface area contributed by atoms with Gasteiger partial charge in [0.2, 0.25) is 0 Å². The number of hydrogen-bond donors (Lipinski definition) is 2. The van der Waals surface area contributed by atoms with Crippen LogP contribution in [-0.4, -0.2) is 16.6 Å². The Bertz CT molecular complexity index is 279. The van der Waals surface area contributed by atoms with Gasteiger partial charge in [0, 0.05) is 12.4 Å². The van der Waals surface area contributed by atoms with Crippen molar-refractivity contribution in [3.8, 4) is 0 Å². The van der Waals surface area contributed by atoms with Crippen molar-refractivity contribution in [1.82, 2.24) is 4.68 Å². The summed E-state index contributed by atoms with van der Waals surface area (Å²) in [5, 5.41) is 0. The van der Waals surface area contributed by atoms with Gasteiger partial charge in [0.1, 0.15) is 0 Å². The molecule has 13 heavy (non-hydrogen) atoms. The molecule has 0 fully saturated rings. The quantitative estimate of drug-likeness (QED) is 0.660. The van der Waals surface area contributed by atoms with Gasteiger partial charge in [-0.25, -0.2) is 0 Å². The Kier molecular flexibility index (Phi) is 3.28. The smallest absolute Gasteiger partial charge is 0.255 e. The molecule has 1 atom stereocenters. The molecule has 1 rings (SSSR count). The fourth-order valence-electron chi connectivity index (χ4n) is 0.906. The van der Waals surface area contributed by atoms with Gasteiger partial charge in [-0.1, -0.05) is 6.08 Å². The van der Waals surface area contributed by atoms with Crippen LogP contribution in [0.5, 0.6) is 0 Å². The van der Waals surface area contributed by atoms with Crippen LogP contribution in [0.4, 0.5) is 0 Å². The van der Waals surface area contributed by atoms with Gasteiger partial charge in [-0.05, 0) is 18.6 Å². The fourth-order valence-corrected chi connectivity index (χ4v) is 0.906. The van der Waals surface area contributed by atoms with Gasteiger partial charge in [-0.2, -0.15) is 0 Å². The lowest BCUT2D eigenvalue weighted by Gasteiger charge is -2.10. The predicted molar refractivity (Wildman–Crippen MR) is 51.6 cm³/mol. The summed E-state index contributed by atoms with van der Waals surface area (Å²) in [6.45, 7) is 3.51. The van der Waals surface area contributed by atoms with Crippen molar-refractivity contribution in [2.45, 2.75) is 12.5 Å². The SMILES string of the molecule is C=CCC(N)C(=O)Nn1cccc1. The van der Waals surface area contributed by atoms with Crippen LogP contribution in [0.3, 0.4) is 0 Å². The van der Waals surface area contributed by atoms with Gasteiger partial charge in [0.05, 0.1) is 6.04 Å². The largest absolute Gasteiger partial charge is 0.320 e. The van der Waals surface area contributed by atoms with Crippen LogP contribution in [0.25, 0.3) is 0 Å². The lowest BCUT2D eigenvalue weighted by Crippen LogP contribution is -2.38. The van der Waals surface area contributed by atoms with Gasteiger partial charge in [-0.15, -0.1) is 6.58 Å². The van der Waals surface area contributed by atoms with Crippen molar-refractivity contribution in [3.05, 3.63) is 37.2 Å². The molecule has 1 amide bonds. The van der Waals surface area contributed by atoms with Crippen LogP contribution in [0.15, 0.2) is 37.2 Å². The maximum atomic E-state index is 11.3. The molecule has 0 spiro atoms. The van der Waals surface area contributed by atoms with E-state index in [0.717, 1.165) is 0 Å². The third-order valence-electron chi connectivity index (χ3n) is 1.60. The molecule has 0 aliphatic heterocycles. The molecule has 4 nitrogen and oxygen atoms in total. The van der Waals surface area contributed by atoms with Crippen molar-refractivity contribution in [2.75, 3.05) is 5.43 Å². The minimum absolute atomic E-state index is 0.212. The van der Waals surface area contributed by atoms with Gasteiger partial charge >= 0.3 is 0 Å². The Labute approximate surface area is 77.0 Å². The second kappa shape index (κ2) is 4.47. The van der Waals surface area contributed by atoms with E-state index in [1.165, 1.54) is 0 Å². The summed E-state index contributed by atoms with van der Waals surface area (Å²) in [7, 11) is 0. The van der Waals surface area contributed by atoms with Crippen molar-refractivity contribution >= 4 is 5.91 Å². The average molecular weight is 179 g/mol. The number of amides is 1. The molecule has 0 saturated heterocycles. The molecule has 1 heterocycles. The highest BCUT2D eigenvalue weighted by Gasteiger charge is 2.10. The average Bonchev–Trinajstić information content (AvgIpc) is 2.57. The lowest BCUT2D eigenvalue weighted by atomic mass is 10.2. The number of carbonyl (C=O) groups is 1. The minimum atomic E-state index is -0.528. The topological polar surface area (TPSA) is 60.1 Å². The Morgan fingerprint density at radius 3 is 2.77 bits per heavy atom. The first-order chi connectivity index (χ1) is 6.24. The number of nitrogens with two attached hydrogens (primary N) is 1. The zero-order chi connectivity index (χ0) is 9.68. The summed E-state index contributed by atoms with van der Waals surface area (Å²) in [6.07, 6.45) is 5.57. The summed E-state index contributed by atoms with van der Waals surface area (Å²) in [4.78, 5) is 11.3. The summed E-state index contributed by atoms with van der Waals surface area (Å²) >= 11 is 0. The van der Waals surface area contributed by atoms with Gasteiger partial charge < -0.3 is 5.73 Å². The van der Waals surface area contributed by atoms with E-state index in [-0.39, 0.29) is 5.91 Å². The van der Waals surface area contributed by atoms with Crippen molar-refractivity contribution in [2.24, 2.45) is 5.73 Å². The summed E-state index contributed by atoms with van der Waals surface area (Å²) in [5.41, 5.74) is 8.16. The fraction of sp³-hybridized carbons (Fsp3) is 0.222. The Morgan fingerprint density at radius 1 is 1.62 bits per heavy atom. The normalized spacial score (nSPS) is 12.1. The lowest BCUT2D eigenvalue weighted by molar-refractivity contribution is -0.118. The van der Waals surface area contributed by atoms with Crippen molar-refractivity contribution in [3.63, 3.8) is 0 Å². The number of nitrogens with one attached hydrogen (secondary N) is 1. The molecule has 1 aromatic rings. The molecular formula is C9H13N3O. The monoisotopic (exact) mass is 179 g/mol. The van der Waals surface area contributed by atoms with Crippen LogP contribution >= 0.6 is 0 Å². The first-order valence-corrected chi connectivity index (χ1v) is 4.04. The summed E-state index contributed by atoms with van der Waals surface area (Å²) in [6, 6.07) is 3.11. The second-order valence-corrected chi connectivity index (χ2v) is 2.70. The third-order valence-corrected chi connectivity index (χ3v) is 1.60. The first kappa shape index (κ1) is 9.54. The first-order valence-electron chi connectivity index (χ1n) is 4.04. The Hall–Kier alpha value is -1.55. The van der Waals surface area contributed by atoms with Gasteiger partial charge in [0.25, 0.3) is 5.91 Å². The Morgan fingerprint density at radius 2 is 2.23 bits per heavy atom. The van der Waals surface area contributed by atoms with Crippen LogP contribution in [-0.2, 0) is 4.79 Å². The van der Waals surface area contributed by atoms with Crippen molar-refractivity contribution < 1.29 is 4.79 Å². The molecule has 1 unspecified atom stereocenters.